The fourth-order valence-corrected chi connectivity index (χ4v) is 1.96. The van der Waals surface area contributed by atoms with Crippen molar-refractivity contribution in [2.24, 2.45) is 5.73 Å². The second-order valence-electron chi connectivity index (χ2n) is 3.29. The molecule has 64 valence electrons. The van der Waals surface area contributed by atoms with Crippen LogP contribution in [0.1, 0.15) is 28.2 Å². The van der Waals surface area contributed by atoms with E-state index in [0.29, 0.717) is 5.69 Å². The van der Waals surface area contributed by atoms with Gasteiger partial charge in [0.15, 0.2) is 0 Å². The first kappa shape index (κ1) is 7.40. The summed E-state index contributed by atoms with van der Waals surface area (Å²) in [4.78, 5) is 11.0. The maximum absolute atomic E-state index is 11.0. The lowest BCUT2D eigenvalue weighted by Gasteiger charge is -2.02. The average molecular weight is 164 g/mol. The van der Waals surface area contributed by atoms with Gasteiger partial charge in [-0.25, -0.2) is 0 Å². The fourth-order valence-electron chi connectivity index (χ4n) is 1.96. The quantitative estimate of drug-likeness (QED) is 0.657. The minimum Gasteiger partial charge on any atom is -0.364 e. The van der Waals surface area contributed by atoms with E-state index in [1.165, 1.54) is 5.69 Å². The van der Waals surface area contributed by atoms with E-state index in [1.54, 1.807) is 0 Å². The number of carbonyl (C=O) groups is 1. The fraction of sp³-hybridized carbons (Fsp3) is 0.444. The van der Waals surface area contributed by atoms with Crippen LogP contribution in [-0.2, 0) is 13.0 Å². The number of amides is 1. The summed E-state index contributed by atoms with van der Waals surface area (Å²) in [5.74, 6) is -0.305. The third kappa shape index (κ3) is 0.858. The predicted molar refractivity (Wildman–Crippen MR) is 46.0 cm³/mol. The molecule has 0 fully saturated rings. The molecule has 1 amide bonds. The van der Waals surface area contributed by atoms with Crippen molar-refractivity contribution in [3.63, 3.8) is 0 Å². The van der Waals surface area contributed by atoms with Crippen molar-refractivity contribution in [1.82, 2.24) is 4.57 Å². The Morgan fingerprint density at radius 2 is 2.42 bits per heavy atom. The van der Waals surface area contributed by atoms with Crippen LogP contribution in [0.15, 0.2) is 6.07 Å². The van der Waals surface area contributed by atoms with Gasteiger partial charge >= 0.3 is 0 Å². The zero-order valence-corrected chi connectivity index (χ0v) is 7.13. The van der Waals surface area contributed by atoms with Crippen LogP contribution in [0.3, 0.4) is 0 Å². The molecule has 0 saturated carbocycles. The molecule has 0 bridgehead atoms. The van der Waals surface area contributed by atoms with Crippen LogP contribution < -0.4 is 5.73 Å². The lowest BCUT2D eigenvalue weighted by molar-refractivity contribution is 0.0991. The number of fused-ring (bicyclic) bond motifs is 1. The Labute approximate surface area is 71.2 Å². The van der Waals surface area contributed by atoms with Gasteiger partial charge in [-0.2, -0.15) is 0 Å². The third-order valence-corrected chi connectivity index (χ3v) is 2.42. The van der Waals surface area contributed by atoms with E-state index in [0.717, 1.165) is 24.9 Å². The van der Waals surface area contributed by atoms with Crippen LogP contribution in [0.25, 0.3) is 0 Å². The van der Waals surface area contributed by atoms with E-state index < -0.39 is 0 Å². The van der Waals surface area contributed by atoms with Gasteiger partial charge in [-0.1, -0.05) is 0 Å². The molecule has 0 atom stereocenters. The maximum atomic E-state index is 11.0. The van der Waals surface area contributed by atoms with E-state index >= 15 is 0 Å². The number of carbonyl (C=O) groups excluding carboxylic acids is 1. The number of nitrogens with two attached hydrogens (primary N) is 1. The first-order valence-corrected chi connectivity index (χ1v) is 4.19. The summed E-state index contributed by atoms with van der Waals surface area (Å²) in [5.41, 5.74) is 8.23. The van der Waals surface area contributed by atoms with Crippen molar-refractivity contribution in [2.75, 3.05) is 0 Å². The highest BCUT2D eigenvalue weighted by Crippen LogP contribution is 2.22. The Balaban J connectivity index is 2.59. The summed E-state index contributed by atoms with van der Waals surface area (Å²) >= 11 is 0. The van der Waals surface area contributed by atoms with Gasteiger partial charge in [-0.15, -0.1) is 0 Å². The van der Waals surface area contributed by atoms with Crippen molar-refractivity contribution in [3.8, 4) is 0 Å². The molecular weight excluding hydrogens is 152 g/mol. The molecule has 1 aliphatic rings. The zero-order valence-electron chi connectivity index (χ0n) is 7.13. The number of nitrogens with zero attached hydrogens (tertiary/aromatic N) is 1. The van der Waals surface area contributed by atoms with Gasteiger partial charge in [0.25, 0.3) is 5.91 Å². The Hall–Kier alpha value is -1.25. The summed E-state index contributed by atoms with van der Waals surface area (Å²) in [5, 5.41) is 0. The molecule has 2 rings (SSSR count). The maximum Gasteiger partial charge on any atom is 0.265 e. The Morgan fingerprint density at radius 3 is 3.08 bits per heavy atom. The first-order chi connectivity index (χ1) is 5.70. The topological polar surface area (TPSA) is 48.0 Å². The molecule has 0 aliphatic carbocycles. The standard InChI is InChI=1S/C9H12N2O/c1-6-5-7-3-2-4-11(7)8(6)9(10)12/h5H,2-4H2,1H3,(H2,10,12). The normalized spacial score (nSPS) is 14.8. The molecule has 0 spiro atoms. The van der Waals surface area contributed by atoms with Gasteiger partial charge in [0, 0.05) is 12.2 Å². The SMILES string of the molecule is Cc1cc2n(c1C(N)=O)CCC2. The number of rotatable bonds is 1. The van der Waals surface area contributed by atoms with Crippen LogP contribution >= 0.6 is 0 Å². The van der Waals surface area contributed by atoms with Gasteiger partial charge < -0.3 is 10.3 Å². The highest BCUT2D eigenvalue weighted by molar-refractivity contribution is 5.93. The van der Waals surface area contributed by atoms with Gasteiger partial charge in [0.2, 0.25) is 0 Å². The summed E-state index contributed by atoms with van der Waals surface area (Å²) in [6.07, 6.45) is 2.21. The Kier molecular flexibility index (Phi) is 1.46. The molecule has 0 saturated heterocycles. The van der Waals surface area contributed by atoms with Crippen LogP contribution in [0.2, 0.25) is 0 Å². The molecule has 1 aromatic heterocycles. The first-order valence-electron chi connectivity index (χ1n) is 4.19. The van der Waals surface area contributed by atoms with E-state index in [-0.39, 0.29) is 5.91 Å². The number of aryl methyl sites for hydroxylation is 2. The van der Waals surface area contributed by atoms with Crippen molar-refractivity contribution >= 4 is 5.91 Å². The molecule has 0 aromatic carbocycles. The van der Waals surface area contributed by atoms with E-state index in [2.05, 4.69) is 6.07 Å². The van der Waals surface area contributed by atoms with Gasteiger partial charge in [0.1, 0.15) is 5.69 Å². The van der Waals surface area contributed by atoms with Crippen LogP contribution in [0.4, 0.5) is 0 Å². The van der Waals surface area contributed by atoms with Crippen molar-refractivity contribution < 1.29 is 4.79 Å². The molecule has 2 heterocycles. The zero-order chi connectivity index (χ0) is 8.72. The summed E-state index contributed by atoms with van der Waals surface area (Å²) in [6, 6.07) is 2.06. The third-order valence-electron chi connectivity index (χ3n) is 2.42. The summed E-state index contributed by atoms with van der Waals surface area (Å²) in [6.45, 7) is 2.88. The van der Waals surface area contributed by atoms with Crippen LogP contribution in [-0.4, -0.2) is 10.5 Å². The van der Waals surface area contributed by atoms with Crippen molar-refractivity contribution in [2.45, 2.75) is 26.3 Å². The monoisotopic (exact) mass is 164 g/mol. The number of hydrogen-bond donors (Lipinski definition) is 1. The second-order valence-corrected chi connectivity index (χ2v) is 3.29. The molecule has 2 N–H and O–H groups in total. The number of primary amides is 1. The smallest absolute Gasteiger partial charge is 0.265 e. The van der Waals surface area contributed by atoms with Crippen LogP contribution in [0.5, 0.6) is 0 Å². The molecule has 1 aliphatic heterocycles. The van der Waals surface area contributed by atoms with Crippen molar-refractivity contribution in [3.05, 3.63) is 23.0 Å². The molecule has 1 aromatic rings. The predicted octanol–water partition coefficient (Wildman–Crippen LogP) is 0.842. The van der Waals surface area contributed by atoms with E-state index in [4.69, 9.17) is 5.73 Å². The average Bonchev–Trinajstić information content (AvgIpc) is 2.44. The van der Waals surface area contributed by atoms with E-state index in [1.807, 2.05) is 11.5 Å². The molecule has 0 radical (unpaired) electrons. The van der Waals surface area contributed by atoms with Gasteiger partial charge in [-0.05, 0) is 31.4 Å². The molecule has 3 heteroatoms. The lowest BCUT2D eigenvalue weighted by Crippen LogP contribution is -2.17. The largest absolute Gasteiger partial charge is 0.364 e. The number of aromatic nitrogens is 1. The second kappa shape index (κ2) is 2.37. The Morgan fingerprint density at radius 1 is 1.67 bits per heavy atom. The van der Waals surface area contributed by atoms with E-state index in [9.17, 15) is 4.79 Å². The lowest BCUT2D eigenvalue weighted by atomic mass is 10.2. The minimum absolute atomic E-state index is 0.305. The molecular formula is C9H12N2O. The Bertz CT molecular complexity index is 339. The molecule has 12 heavy (non-hydrogen) atoms. The molecule has 3 nitrogen and oxygen atoms in total. The van der Waals surface area contributed by atoms with Gasteiger partial charge in [-0.3, -0.25) is 4.79 Å². The van der Waals surface area contributed by atoms with Crippen LogP contribution in [0, 0.1) is 6.92 Å². The van der Waals surface area contributed by atoms with Crippen molar-refractivity contribution in [1.29, 1.82) is 0 Å². The highest BCUT2D eigenvalue weighted by atomic mass is 16.1. The summed E-state index contributed by atoms with van der Waals surface area (Å²) < 4.78 is 2.04. The molecule has 0 unspecified atom stereocenters. The highest BCUT2D eigenvalue weighted by Gasteiger charge is 2.19. The van der Waals surface area contributed by atoms with Gasteiger partial charge in [0.05, 0.1) is 0 Å². The minimum atomic E-state index is -0.305. The number of hydrogen-bond acceptors (Lipinski definition) is 1. The summed E-state index contributed by atoms with van der Waals surface area (Å²) in [7, 11) is 0.